The van der Waals surface area contributed by atoms with Crippen LogP contribution >= 0.6 is 0 Å². The fourth-order valence-electron chi connectivity index (χ4n) is 1.47. The van der Waals surface area contributed by atoms with E-state index >= 15 is 0 Å². The van der Waals surface area contributed by atoms with Crippen LogP contribution < -0.4 is 0 Å². The molecule has 0 saturated heterocycles. The van der Waals surface area contributed by atoms with Crippen LogP contribution in [0.4, 0.5) is 0 Å². The van der Waals surface area contributed by atoms with E-state index in [0.29, 0.717) is 0 Å². The molecule has 0 fully saturated rings. The molecule has 32 heavy (non-hydrogen) atoms. The second-order valence-corrected chi connectivity index (χ2v) is 8.30. The number of aliphatic carboxylic acids is 2. The Morgan fingerprint density at radius 3 is 1.09 bits per heavy atom. The summed E-state index contributed by atoms with van der Waals surface area (Å²) < 4.78 is 0. The fraction of sp³-hybridized carbons (Fsp3) is 0.700. The zero-order valence-electron chi connectivity index (χ0n) is 19.1. The van der Waals surface area contributed by atoms with Crippen molar-refractivity contribution < 1.29 is 19.8 Å². The van der Waals surface area contributed by atoms with Crippen molar-refractivity contribution in [3.8, 4) is 24.3 Å². The number of carbonyl (C=O) groups is 2. The topological polar surface area (TPSA) is 219 Å². The maximum atomic E-state index is 10.5. The second kappa shape index (κ2) is 12.7. The maximum absolute atomic E-state index is 10.5. The third-order valence-corrected chi connectivity index (χ3v) is 3.72. The first-order chi connectivity index (χ1) is 14.5. The van der Waals surface area contributed by atoms with Gasteiger partial charge in [-0.15, -0.1) is 0 Å². The van der Waals surface area contributed by atoms with Crippen molar-refractivity contribution in [3.63, 3.8) is 0 Å². The van der Waals surface area contributed by atoms with Gasteiger partial charge in [-0.3, -0.25) is 9.59 Å². The number of rotatable bonds is 10. The van der Waals surface area contributed by atoms with Crippen LogP contribution in [-0.2, 0) is 9.59 Å². The minimum atomic E-state index is -1.35. The van der Waals surface area contributed by atoms with Gasteiger partial charge in [-0.1, -0.05) is 0 Å². The van der Waals surface area contributed by atoms with E-state index in [0.717, 1.165) is 0 Å². The molecule has 2 atom stereocenters. The van der Waals surface area contributed by atoms with Crippen LogP contribution in [0.25, 0.3) is 0 Å². The standard InChI is InChI=1S/C12H16N4O4.C8H12N4/c1-11(7-13,5-3-9(17)18)15-16-12(2,8-14)6-4-10(19)20;1-7(2,5-9)11-12-8(3,4)6-10/h3-6H2,1-2H3,(H,17,18)(H,19,20);1-4H3. The van der Waals surface area contributed by atoms with Crippen molar-refractivity contribution in [3.05, 3.63) is 0 Å². The number of hydrogen-bond donors (Lipinski definition) is 2. The lowest BCUT2D eigenvalue weighted by atomic mass is 9.97. The first-order valence-electron chi connectivity index (χ1n) is 9.46. The number of nitrogens with zero attached hydrogens (tertiary/aromatic N) is 8. The summed E-state index contributed by atoms with van der Waals surface area (Å²) in [7, 11) is 0. The molecular weight excluding hydrogens is 416 g/mol. The molecule has 0 heterocycles. The molecule has 0 aliphatic heterocycles. The van der Waals surface area contributed by atoms with Gasteiger partial charge in [-0.05, 0) is 54.4 Å². The molecule has 0 amide bonds. The molecule has 12 nitrogen and oxygen atoms in total. The Hall–Kier alpha value is -3.90. The monoisotopic (exact) mass is 444 g/mol. The molecule has 0 aliphatic rings. The Morgan fingerprint density at radius 2 is 0.906 bits per heavy atom. The summed E-state index contributed by atoms with van der Waals surface area (Å²) in [6, 6.07) is 7.63. The molecular formula is C20H28N8O4. The average molecular weight is 444 g/mol. The van der Waals surface area contributed by atoms with Gasteiger partial charge in [0.05, 0.1) is 24.3 Å². The van der Waals surface area contributed by atoms with Gasteiger partial charge in [0.2, 0.25) is 0 Å². The largest absolute Gasteiger partial charge is 0.481 e. The number of azo groups is 2. The molecule has 12 heteroatoms. The summed E-state index contributed by atoms with van der Waals surface area (Å²) >= 11 is 0. The predicted octanol–water partition coefficient (Wildman–Crippen LogP) is 3.78. The quantitative estimate of drug-likeness (QED) is 0.471. The van der Waals surface area contributed by atoms with E-state index in [1.165, 1.54) is 13.8 Å². The van der Waals surface area contributed by atoms with E-state index in [-0.39, 0.29) is 25.7 Å². The SMILES string of the molecule is CC(C#N)(CCC(=O)O)N=NC(C)(C#N)CCC(=O)O.CC(C)(C#N)N=NC(C)(C)C#N. The smallest absolute Gasteiger partial charge is 0.303 e. The molecule has 172 valence electrons. The Kier molecular flexibility index (Phi) is 12.0. The van der Waals surface area contributed by atoms with Crippen LogP contribution in [0, 0.1) is 45.3 Å². The number of carboxylic acids is 2. The third kappa shape index (κ3) is 14.1. The van der Waals surface area contributed by atoms with Crippen molar-refractivity contribution in [2.24, 2.45) is 20.5 Å². The van der Waals surface area contributed by atoms with Crippen LogP contribution in [0.1, 0.15) is 67.2 Å². The van der Waals surface area contributed by atoms with Gasteiger partial charge < -0.3 is 10.2 Å². The zero-order valence-corrected chi connectivity index (χ0v) is 19.1. The molecule has 0 aromatic heterocycles. The van der Waals surface area contributed by atoms with Crippen molar-refractivity contribution in [1.82, 2.24) is 0 Å². The fourth-order valence-corrected chi connectivity index (χ4v) is 1.47. The minimum absolute atomic E-state index is 0.0389. The maximum Gasteiger partial charge on any atom is 0.303 e. The van der Waals surface area contributed by atoms with Crippen LogP contribution in [0.15, 0.2) is 20.5 Å². The Labute approximate surface area is 187 Å². The lowest BCUT2D eigenvalue weighted by molar-refractivity contribution is -0.138. The van der Waals surface area contributed by atoms with E-state index in [1.807, 2.05) is 24.3 Å². The van der Waals surface area contributed by atoms with E-state index in [2.05, 4.69) is 20.5 Å². The van der Waals surface area contributed by atoms with E-state index < -0.39 is 34.1 Å². The van der Waals surface area contributed by atoms with Gasteiger partial charge in [0, 0.05) is 12.8 Å². The van der Waals surface area contributed by atoms with E-state index in [1.54, 1.807) is 27.7 Å². The Bertz CT molecular complexity index is 827. The predicted molar refractivity (Wildman–Crippen MR) is 111 cm³/mol. The summed E-state index contributed by atoms with van der Waals surface area (Å²) in [5.74, 6) is -2.12. The molecule has 0 saturated carbocycles. The molecule has 0 aliphatic carbocycles. The highest BCUT2D eigenvalue weighted by Gasteiger charge is 2.29. The highest BCUT2D eigenvalue weighted by molar-refractivity contribution is 5.67. The second-order valence-electron chi connectivity index (χ2n) is 8.30. The Balaban J connectivity index is 0. The molecule has 0 aromatic carbocycles. The van der Waals surface area contributed by atoms with Gasteiger partial charge in [0.25, 0.3) is 0 Å². The summed E-state index contributed by atoms with van der Waals surface area (Å²) in [5.41, 5.74) is -4.37. The molecule has 2 N–H and O–H groups in total. The van der Waals surface area contributed by atoms with Crippen LogP contribution in [0.3, 0.4) is 0 Å². The van der Waals surface area contributed by atoms with Crippen LogP contribution in [0.5, 0.6) is 0 Å². The minimum Gasteiger partial charge on any atom is -0.481 e. The molecule has 0 rings (SSSR count). The number of nitriles is 4. The lowest BCUT2D eigenvalue weighted by Crippen LogP contribution is -2.25. The van der Waals surface area contributed by atoms with Crippen molar-refractivity contribution in [1.29, 1.82) is 21.0 Å². The molecule has 0 aromatic rings. The lowest BCUT2D eigenvalue weighted by Gasteiger charge is -2.18. The van der Waals surface area contributed by atoms with Gasteiger partial charge in [0.1, 0.15) is 0 Å². The summed E-state index contributed by atoms with van der Waals surface area (Å²) in [6.07, 6.45) is -0.575. The van der Waals surface area contributed by atoms with Gasteiger partial charge in [0.15, 0.2) is 22.2 Å². The van der Waals surface area contributed by atoms with E-state index in [9.17, 15) is 9.59 Å². The number of carboxylic acid groups (broad SMARTS) is 2. The molecule has 2 unspecified atom stereocenters. The third-order valence-electron chi connectivity index (χ3n) is 3.72. The summed E-state index contributed by atoms with van der Waals surface area (Å²) in [4.78, 5) is 21.0. The van der Waals surface area contributed by atoms with Gasteiger partial charge in [-0.2, -0.15) is 41.5 Å². The van der Waals surface area contributed by atoms with Crippen LogP contribution in [0.2, 0.25) is 0 Å². The van der Waals surface area contributed by atoms with Crippen molar-refractivity contribution >= 4 is 11.9 Å². The van der Waals surface area contributed by atoms with Crippen molar-refractivity contribution in [2.45, 2.75) is 89.4 Å². The first-order valence-corrected chi connectivity index (χ1v) is 9.46. The number of hydrogen-bond acceptors (Lipinski definition) is 10. The van der Waals surface area contributed by atoms with Crippen molar-refractivity contribution in [2.75, 3.05) is 0 Å². The highest BCUT2D eigenvalue weighted by Crippen LogP contribution is 2.23. The van der Waals surface area contributed by atoms with Crippen LogP contribution in [-0.4, -0.2) is 44.3 Å². The normalized spacial score (nSPS) is 15.1. The van der Waals surface area contributed by atoms with E-state index in [4.69, 9.17) is 31.3 Å². The molecule has 0 bridgehead atoms. The summed E-state index contributed by atoms with van der Waals surface area (Å²) in [6.45, 7) is 9.39. The zero-order chi connectivity index (χ0) is 25.6. The average Bonchev–Trinajstić information content (AvgIpc) is 2.74. The highest BCUT2D eigenvalue weighted by atomic mass is 16.4. The molecule has 0 radical (unpaired) electrons. The van der Waals surface area contributed by atoms with Gasteiger partial charge >= 0.3 is 11.9 Å². The Morgan fingerprint density at radius 1 is 0.625 bits per heavy atom. The molecule has 0 spiro atoms. The summed E-state index contributed by atoms with van der Waals surface area (Å²) in [5, 5.41) is 67.4. The first kappa shape index (κ1) is 30.3. The van der Waals surface area contributed by atoms with Gasteiger partial charge in [-0.25, -0.2) is 0 Å².